The molecule has 5 nitrogen and oxygen atoms in total. The second-order valence-corrected chi connectivity index (χ2v) is 8.12. The summed E-state index contributed by atoms with van der Waals surface area (Å²) in [4.78, 5) is 28.1. The number of benzene rings is 2. The van der Waals surface area contributed by atoms with Crippen LogP contribution in [0.1, 0.15) is 37.3 Å². The first kappa shape index (κ1) is 19.2. The topological polar surface area (TPSA) is 74.0 Å². The molecule has 0 radical (unpaired) electrons. The van der Waals surface area contributed by atoms with Crippen molar-refractivity contribution < 1.29 is 9.59 Å². The standard InChI is InChI=1S/C24H27N3O2/c1-15(2)16-7-9-18(10-8-16)27-24(29)21-13-20(21)23(28)25-12-11-17-14-26-22-6-4-3-5-19(17)22/h3-10,14-15,20-21,26H,11-13H2,1-2H3,(H,25,28)(H,27,29). The average Bonchev–Trinajstić information content (AvgIpc) is 3.43. The van der Waals surface area contributed by atoms with Gasteiger partial charge in [0.2, 0.25) is 11.8 Å². The highest BCUT2D eigenvalue weighted by Crippen LogP contribution is 2.39. The lowest BCUT2D eigenvalue weighted by atomic mass is 10.0. The first-order valence-corrected chi connectivity index (χ1v) is 10.3. The maximum atomic E-state index is 12.4. The van der Waals surface area contributed by atoms with Gasteiger partial charge in [0.05, 0.1) is 11.8 Å². The first-order chi connectivity index (χ1) is 14.0. The number of carbonyl (C=O) groups is 2. The van der Waals surface area contributed by atoms with Gasteiger partial charge in [0, 0.05) is 29.3 Å². The minimum atomic E-state index is -0.229. The van der Waals surface area contributed by atoms with Gasteiger partial charge in [0.15, 0.2) is 0 Å². The maximum Gasteiger partial charge on any atom is 0.228 e. The van der Waals surface area contributed by atoms with E-state index in [2.05, 4.69) is 35.5 Å². The zero-order valence-corrected chi connectivity index (χ0v) is 16.9. The minimum Gasteiger partial charge on any atom is -0.361 e. The van der Waals surface area contributed by atoms with E-state index in [0.29, 0.717) is 18.9 Å². The monoisotopic (exact) mass is 389 g/mol. The van der Waals surface area contributed by atoms with Crippen LogP contribution in [0.2, 0.25) is 0 Å². The van der Waals surface area contributed by atoms with Gasteiger partial charge in [-0.15, -0.1) is 0 Å². The normalized spacial score (nSPS) is 18.0. The van der Waals surface area contributed by atoms with E-state index in [0.717, 1.165) is 17.6 Å². The molecule has 1 heterocycles. The molecule has 2 aromatic carbocycles. The smallest absolute Gasteiger partial charge is 0.228 e. The SMILES string of the molecule is CC(C)c1ccc(NC(=O)C2CC2C(=O)NCCc2c[nH]c3ccccc23)cc1. The summed E-state index contributed by atoms with van der Waals surface area (Å²) in [6, 6.07) is 16.0. The van der Waals surface area contributed by atoms with Gasteiger partial charge in [-0.2, -0.15) is 0 Å². The summed E-state index contributed by atoms with van der Waals surface area (Å²) < 4.78 is 0. The second-order valence-electron chi connectivity index (χ2n) is 8.12. The average molecular weight is 389 g/mol. The van der Waals surface area contributed by atoms with E-state index in [1.807, 2.05) is 48.7 Å². The Morgan fingerprint density at radius 1 is 1.03 bits per heavy atom. The summed E-state index contributed by atoms with van der Waals surface area (Å²) in [5.41, 5.74) is 4.32. The number of hydrogen-bond acceptors (Lipinski definition) is 2. The zero-order valence-electron chi connectivity index (χ0n) is 16.9. The molecule has 2 amide bonds. The van der Waals surface area contributed by atoms with Gasteiger partial charge in [-0.3, -0.25) is 9.59 Å². The summed E-state index contributed by atoms with van der Waals surface area (Å²) in [5, 5.41) is 7.10. The van der Waals surface area contributed by atoms with Crippen LogP contribution in [0.15, 0.2) is 54.7 Å². The lowest BCUT2D eigenvalue weighted by molar-refractivity contribution is -0.125. The van der Waals surface area contributed by atoms with Crippen molar-refractivity contribution in [2.45, 2.75) is 32.6 Å². The fourth-order valence-electron chi connectivity index (χ4n) is 3.75. The Morgan fingerprint density at radius 2 is 1.76 bits per heavy atom. The molecule has 2 unspecified atom stereocenters. The number of nitrogens with one attached hydrogen (secondary N) is 3. The first-order valence-electron chi connectivity index (χ1n) is 10.3. The largest absolute Gasteiger partial charge is 0.361 e. The van der Waals surface area contributed by atoms with Gasteiger partial charge < -0.3 is 15.6 Å². The van der Waals surface area contributed by atoms with Crippen molar-refractivity contribution in [3.05, 3.63) is 65.9 Å². The van der Waals surface area contributed by atoms with Crippen LogP contribution >= 0.6 is 0 Å². The number of rotatable bonds is 7. The number of aromatic nitrogens is 1. The number of carbonyl (C=O) groups excluding carboxylic acids is 2. The Kier molecular flexibility index (Phi) is 5.38. The highest BCUT2D eigenvalue weighted by atomic mass is 16.2. The van der Waals surface area contributed by atoms with E-state index < -0.39 is 0 Å². The Balaban J connectivity index is 1.24. The van der Waals surface area contributed by atoms with Gasteiger partial charge in [0.25, 0.3) is 0 Å². The van der Waals surface area contributed by atoms with Gasteiger partial charge >= 0.3 is 0 Å². The lowest BCUT2D eigenvalue weighted by Gasteiger charge is -2.08. The number of H-pyrrole nitrogens is 1. The Hall–Kier alpha value is -3.08. The molecule has 0 spiro atoms. The fraction of sp³-hybridized carbons (Fsp3) is 0.333. The molecule has 1 saturated carbocycles. The Bertz CT molecular complexity index is 1020. The summed E-state index contributed by atoms with van der Waals surface area (Å²) in [5.74, 6) is -0.0829. The van der Waals surface area contributed by atoms with E-state index in [4.69, 9.17) is 0 Å². The minimum absolute atomic E-state index is 0.0276. The van der Waals surface area contributed by atoms with Crippen molar-refractivity contribution in [3.8, 4) is 0 Å². The molecule has 1 aliphatic carbocycles. The van der Waals surface area contributed by atoms with E-state index in [1.165, 1.54) is 16.5 Å². The van der Waals surface area contributed by atoms with Crippen molar-refractivity contribution in [1.29, 1.82) is 0 Å². The molecule has 1 aromatic heterocycles. The van der Waals surface area contributed by atoms with E-state index in [-0.39, 0.29) is 23.7 Å². The van der Waals surface area contributed by atoms with E-state index in [9.17, 15) is 9.59 Å². The number of fused-ring (bicyclic) bond motifs is 1. The number of hydrogen-bond donors (Lipinski definition) is 3. The molecule has 0 saturated heterocycles. The van der Waals surface area contributed by atoms with Crippen LogP contribution in [0.25, 0.3) is 10.9 Å². The van der Waals surface area contributed by atoms with Crippen LogP contribution in [0, 0.1) is 11.8 Å². The number of anilines is 1. The number of aromatic amines is 1. The molecule has 150 valence electrons. The van der Waals surface area contributed by atoms with Crippen LogP contribution < -0.4 is 10.6 Å². The quantitative estimate of drug-likeness (QED) is 0.566. The van der Waals surface area contributed by atoms with Crippen molar-refractivity contribution in [3.63, 3.8) is 0 Å². The molecule has 29 heavy (non-hydrogen) atoms. The molecule has 1 fully saturated rings. The molecule has 4 rings (SSSR count). The van der Waals surface area contributed by atoms with E-state index >= 15 is 0 Å². The Morgan fingerprint density at radius 3 is 2.52 bits per heavy atom. The van der Waals surface area contributed by atoms with Crippen LogP contribution in [0.3, 0.4) is 0 Å². The van der Waals surface area contributed by atoms with Gasteiger partial charge in [-0.25, -0.2) is 0 Å². The molecule has 0 aliphatic heterocycles. The third-order valence-electron chi connectivity index (χ3n) is 5.68. The van der Waals surface area contributed by atoms with Crippen LogP contribution in [0.4, 0.5) is 5.69 Å². The van der Waals surface area contributed by atoms with Crippen LogP contribution in [-0.4, -0.2) is 23.3 Å². The molecular weight excluding hydrogens is 362 g/mol. The van der Waals surface area contributed by atoms with Gasteiger partial charge in [-0.1, -0.05) is 44.2 Å². The predicted molar refractivity (Wildman–Crippen MR) is 116 cm³/mol. The summed E-state index contributed by atoms with van der Waals surface area (Å²) in [6.45, 7) is 4.85. The molecule has 5 heteroatoms. The molecule has 1 aliphatic rings. The van der Waals surface area contributed by atoms with Crippen LogP contribution in [0.5, 0.6) is 0 Å². The van der Waals surface area contributed by atoms with Gasteiger partial charge in [-0.05, 0) is 48.1 Å². The maximum absolute atomic E-state index is 12.4. The number of para-hydroxylation sites is 1. The molecule has 0 bridgehead atoms. The van der Waals surface area contributed by atoms with Crippen molar-refractivity contribution in [2.24, 2.45) is 11.8 Å². The molecule has 3 N–H and O–H groups in total. The highest BCUT2D eigenvalue weighted by Gasteiger charge is 2.47. The molecule has 3 aromatic rings. The highest BCUT2D eigenvalue weighted by molar-refractivity contribution is 5.99. The Labute approximate surface area is 170 Å². The van der Waals surface area contributed by atoms with Crippen LogP contribution in [-0.2, 0) is 16.0 Å². The zero-order chi connectivity index (χ0) is 20.4. The summed E-state index contributed by atoms with van der Waals surface area (Å²) >= 11 is 0. The second kappa shape index (κ2) is 8.11. The van der Waals surface area contributed by atoms with Crippen molar-refractivity contribution in [2.75, 3.05) is 11.9 Å². The van der Waals surface area contributed by atoms with Crippen molar-refractivity contribution in [1.82, 2.24) is 10.3 Å². The molecular formula is C24H27N3O2. The van der Waals surface area contributed by atoms with Crippen molar-refractivity contribution >= 4 is 28.4 Å². The van der Waals surface area contributed by atoms with E-state index in [1.54, 1.807) is 0 Å². The fourth-order valence-corrected chi connectivity index (χ4v) is 3.75. The summed E-state index contributed by atoms with van der Waals surface area (Å²) in [7, 11) is 0. The molecule has 2 atom stereocenters. The third-order valence-corrected chi connectivity index (χ3v) is 5.68. The number of amides is 2. The lowest BCUT2D eigenvalue weighted by Crippen LogP contribution is -2.29. The third kappa shape index (κ3) is 4.34. The predicted octanol–water partition coefficient (Wildman–Crippen LogP) is 4.22. The summed E-state index contributed by atoms with van der Waals surface area (Å²) in [6.07, 6.45) is 3.38. The van der Waals surface area contributed by atoms with Gasteiger partial charge in [0.1, 0.15) is 0 Å².